The largest absolute Gasteiger partial charge is 0.481 e. The number of anilines is 1. The Labute approximate surface area is 230 Å². The summed E-state index contributed by atoms with van der Waals surface area (Å²) in [6.07, 6.45) is 3.21. The molecule has 1 unspecified atom stereocenters. The zero-order valence-electron chi connectivity index (χ0n) is 23.4. The number of benzene rings is 1. The van der Waals surface area contributed by atoms with Crippen molar-refractivity contribution in [1.29, 1.82) is 0 Å². The fourth-order valence-electron chi connectivity index (χ4n) is 5.60. The van der Waals surface area contributed by atoms with E-state index in [1.807, 2.05) is 26.0 Å². The molecule has 2 aliphatic rings. The molecule has 2 N–H and O–H groups in total. The lowest BCUT2D eigenvalue weighted by molar-refractivity contribution is -0.149. The predicted octanol–water partition coefficient (Wildman–Crippen LogP) is 2.92. The Balaban J connectivity index is 1.82. The Hall–Kier alpha value is -3.43. The predicted molar refractivity (Wildman–Crippen MR) is 145 cm³/mol. The second-order valence-electron chi connectivity index (χ2n) is 11.0. The van der Waals surface area contributed by atoms with Crippen LogP contribution in [-0.2, 0) is 35.1 Å². The van der Waals surface area contributed by atoms with Crippen LogP contribution in [0.25, 0.3) is 0 Å². The molecule has 214 valence electrons. The van der Waals surface area contributed by atoms with Crippen molar-refractivity contribution in [2.75, 3.05) is 25.1 Å². The number of carboxylic acid groups (broad SMARTS) is 1. The summed E-state index contributed by atoms with van der Waals surface area (Å²) in [7, 11) is 1.64. The molecule has 0 aromatic heterocycles. The van der Waals surface area contributed by atoms with E-state index in [4.69, 9.17) is 4.74 Å². The molecule has 1 fully saturated rings. The standard InChI is InChI=1S/C29H41N3O7/c1-5-39-25(34)18-32-23-11-7-6-10-20(23)12-13-22(26(32)35)30-28(38)29(14-8-9-15-29)17-21(27(36)37)16-24(33)31(4)19(2)3/h6-7,10-11,19,21-22H,5,8-9,12-18H2,1-4H3,(H,30,38)(H,36,37)/t21?,22-/m0/s1. The minimum atomic E-state index is -1.11. The maximum atomic E-state index is 13.8. The van der Waals surface area contributed by atoms with Gasteiger partial charge in [0, 0.05) is 25.2 Å². The number of carbonyl (C=O) groups is 5. The maximum Gasteiger partial charge on any atom is 0.326 e. The van der Waals surface area contributed by atoms with Gasteiger partial charge < -0.3 is 20.1 Å². The number of rotatable bonds is 11. The van der Waals surface area contributed by atoms with Gasteiger partial charge in [0.1, 0.15) is 12.6 Å². The number of fused-ring (bicyclic) bond motifs is 1. The van der Waals surface area contributed by atoms with Crippen LogP contribution in [0, 0.1) is 11.3 Å². The second kappa shape index (κ2) is 13.1. The molecule has 0 spiro atoms. The van der Waals surface area contributed by atoms with Crippen LogP contribution in [0.4, 0.5) is 5.69 Å². The first kappa shape index (κ1) is 30.1. The number of amides is 3. The third-order valence-electron chi connectivity index (χ3n) is 8.06. The molecule has 1 heterocycles. The van der Waals surface area contributed by atoms with Crippen LogP contribution in [0.5, 0.6) is 0 Å². The molecule has 0 radical (unpaired) electrons. The van der Waals surface area contributed by atoms with E-state index in [9.17, 15) is 29.1 Å². The summed E-state index contributed by atoms with van der Waals surface area (Å²) in [4.78, 5) is 67.6. The summed E-state index contributed by atoms with van der Waals surface area (Å²) < 4.78 is 5.08. The average molecular weight is 544 g/mol. The number of hydrogen-bond acceptors (Lipinski definition) is 6. The number of aliphatic carboxylic acids is 1. The summed E-state index contributed by atoms with van der Waals surface area (Å²) in [5, 5.41) is 12.9. The third-order valence-corrected chi connectivity index (χ3v) is 8.06. The summed E-state index contributed by atoms with van der Waals surface area (Å²) in [6, 6.07) is 6.37. The Bertz CT molecular complexity index is 1080. The van der Waals surface area contributed by atoms with Crippen LogP contribution in [-0.4, -0.2) is 71.9 Å². The highest BCUT2D eigenvalue weighted by atomic mass is 16.5. The number of nitrogens with one attached hydrogen (secondary N) is 1. The van der Waals surface area contributed by atoms with Gasteiger partial charge in [-0.1, -0.05) is 31.0 Å². The molecule has 1 aliphatic heterocycles. The lowest BCUT2D eigenvalue weighted by Gasteiger charge is -2.33. The minimum Gasteiger partial charge on any atom is -0.481 e. The van der Waals surface area contributed by atoms with Gasteiger partial charge in [-0.15, -0.1) is 0 Å². The number of para-hydroxylation sites is 1. The van der Waals surface area contributed by atoms with Gasteiger partial charge in [0.2, 0.25) is 17.7 Å². The lowest BCUT2D eigenvalue weighted by Crippen LogP contribution is -2.53. The third kappa shape index (κ3) is 7.16. The summed E-state index contributed by atoms with van der Waals surface area (Å²) in [5.74, 6) is -3.72. The van der Waals surface area contributed by atoms with Gasteiger partial charge >= 0.3 is 11.9 Å². The summed E-state index contributed by atoms with van der Waals surface area (Å²) >= 11 is 0. The Morgan fingerprint density at radius 2 is 1.85 bits per heavy atom. The molecule has 1 aliphatic carbocycles. The van der Waals surface area contributed by atoms with Crippen molar-refractivity contribution in [2.45, 2.75) is 84.2 Å². The van der Waals surface area contributed by atoms with Crippen molar-refractivity contribution in [1.82, 2.24) is 10.2 Å². The molecule has 1 aromatic rings. The number of carbonyl (C=O) groups excluding carboxylic acids is 4. The van der Waals surface area contributed by atoms with Crippen molar-refractivity contribution < 1.29 is 33.8 Å². The topological polar surface area (TPSA) is 133 Å². The van der Waals surface area contributed by atoms with Gasteiger partial charge in [0.05, 0.1) is 17.9 Å². The molecule has 10 heteroatoms. The van der Waals surface area contributed by atoms with E-state index in [0.29, 0.717) is 31.4 Å². The average Bonchev–Trinajstić information content (AvgIpc) is 3.34. The van der Waals surface area contributed by atoms with Gasteiger partial charge in [0.15, 0.2) is 0 Å². The number of carboxylic acids is 1. The van der Waals surface area contributed by atoms with Crippen molar-refractivity contribution in [3.05, 3.63) is 29.8 Å². The highest BCUT2D eigenvalue weighted by Gasteiger charge is 2.46. The van der Waals surface area contributed by atoms with Gasteiger partial charge in [-0.2, -0.15) is 0 Å². The van der Waals surface area contributed by atoms with E-state index in [0.717, 1.165) is 18.4 Å². The normalized spacial score (nSPS) is 19.2. The van der Waals surface area contributed by atoms with Crippen molar-refractivity contribution >= 4 is 35.3 Å². The molecule has 2 atom stereocenters. The van der Waals surface area contributed by atoms with Crippen LogP contribution in [0.1, 0.15) is 71.3 Å². The fraction of sp³-hybridized carbons (Fsp3) is 0.621. The first-order valence-corrected chi connectivity index (χ1v) is 13.8. The monoisotopic (exact) mass is 543 g/mol. The maximum absolute atomic E-state index is 13.8. The SMILES string of the molecule is CCOC(=O)CN1C(=O)[C@@H](NC(=O)C2(CC(CC(=O)N(C)C(C)C)C(=O)O)CCCC2)CCc2ccccc21. The minimum absolute atomic E-state index is 0.0273. The van der Waals surface area contributed by atoms with Crippen molar-refractivity contribution in [3.63, 3.8) is 0 Å². The van der Waals surface area contributed by atoms with E-state index in [1.54, 1.807) is 26.1 Å². The molecule has 0 saturated heterocycles. The van der Waals surface area contributed by atoms with Gasteiger partial charge in [-0.25, -0.2) is 0 Å². The summed E-state index contributed by atoms with van der Waals surface area (Å²) in [6.45, 7) is 5.32. The van der Waals surface area contributed by atoms with Gasteiger partial charge in [0.25, 0.3) is 0 Å². The smallest absolute Gasteiger partial charge is 0.326 e. The van der Waals surface area contributed by atoms with Crippen LogP contribution >= 0.6 is 0 Å². The molecule has 1 saturated carbocycles. The number of aryl methyl sites for hydroxylation is 1. The molecule has 0 bridgehead atoms. The molecular weight excluding hydrogens is 502 g/mol. The summed E-state index contributed by atoms with van der Waals surface area (Å²) in [5.41, 5.74) is 0.522. The zero-order valence-corrected chi connectivity index (χ0v) is 23.4. The van der Waals surface area contributed by atoms with E-state index in [1.165, 1.54) is 9.80 Å². The van der Waals surface area contributed by atoms with Crippen molar-refractivity contribution in [3.8, 4) is 0 Å². The van der Waals surface area contributed by atoms with E-state index < -0.39 is 35.2 Å². The van der Waals surface area contributed by atoms with Gasteiger partial charge in [-0.05, 0) is 64.5 Å². The fourth-order valence-corrected chi connectivity index (χ4v) is 5.60. The number of hydrogen-bond donors (Lipinski definition) is 2. The number of esters is 1. The molecule has 10 nitrogen and oxygen atoms in total. The molecule has 3 amide bonds. The van der Waals surface area contributed by atoms with Crippen LogP contribution in [0.3, 0.4) is 0 Å². The van der Waals surface area contributed by atoms with Crippen LogP contribution < -0.4 is 10.2 Å². The zero-order chi connectivity index (χ0) is 28.7. The highest BCUT2D eigenvalue weighted by Crippen LogP contribution is 2.44. The lowest BCUT2D eigenvalue weighted by atomic mass is 9.75. The molecular formula is C29H41N3O7. The quantitative estimate of drug-likeness (QED) is 0.410. The Morgan fingerprint density at radius 3 is 2.46 bits per heavy atom. The van der Waals surface area contributed by atoms with Crippen LogP contribution in [0.15, 0.2) is 24.3 Å². The molecule has 1 aromatic carbocycles. The number of nitrogens with zero attached hydrogens (tertiary/aromatic N) is 2. The Morgan fingerprint density at radius 1 is 1.18 bits per heavy atom. The Kier molecular flexibility index (Phi) is 10.1. The number of ether oxygens (including phenoxy) is 1. The van der Waals surface area contributed by atoms with Crippen molar-refractivity contribution in [2.24, 2.45) is 11.3 Å². The molecule has 39 heavy (non-hydrogen) atoms. The van der Waals surface area contributed by atoms with E-state index >= 15 is 0 Å². The first-order valence-electron chi connectivity index (χ1n) is 13.8. The van der Waals surface area contributed by atoms with E-state index in [-0.39, 0.29) is 43.8 Å². The first-order chi connectivity index (χ1) is 18.5. The van der Waals surface area contributed by atoms with E-state index in [2.05, 4.69) is 5.32 Å². The second-order valence-corrected chi connectivity index (χ2v) is 11.0. The molecule has 3 rings (SSSR count). The van der Waals surface area contributed by atoms with Gasteiger partial charge in [-0.3, -0.25) is 28.9 Å². The van der Waals surface area contributed by atoms with Crippen LogP contribution in [0.2, 0.25) is 0 Å². The highest BCUT2D eigenvalue weighted by molar-refractivity contribution is 6.03.